The van der Waals surface area contributed by atoms with E-state index in [1.807, 2.05) is 6.07 Å². The van der Waals surface area contributed by atoms with Crippen LogP contribution in [0.15, 0.2) is 46.9 Å². The van der Waals surface area contributed by atoms with E-state index in [-0.39, 0.29) is 10.5 Å². The Bertz CT molecular complexity index is 305. The van der Waals surface area contributed by atoms with Gasteiger partial charge in [-0.05, 0) is 26.0 Å². The number of rotatable bonds is 3. The van der Waals surface area contributed by atoms with Crippen LogP contribution in [0.1, 0.15) is 13.8 Å². The normalized spacial score (nSPS) is 12.2. The molecule has 0 aliphatic carbocycles. The Hall–Kier alpha value is -0.820. The summed E-state index contributed by atoms with van der Waals surface area (Å²) >= 11 is 0. The Morgan fingerprint density at radius 1 is 1.31 bits per heavy atom. The van der Waals surface area contributed by atoms with Crippen LogP contribution in [-0.4, -0.2) is 11.6 Å². The van der Waals surface area contributed by atoms with Gasteiger partial charge >= 0.3 is 0 Å². The second-order valence-electron chi connectivity index (χ2n) is 3.25. The van der Waals surface area contributed by atoms with Gasteiger partial charge in [-0.3, -0.25) is 0 Å². The summed E-state index contributed by atoms with van der Waals surface area (Å²) in [6.07, 6.45) is 2.25. The van der Waals surface area contributed by atoms with E-state index in [4.69, 9.17) is 0 Å². The van der Waals surface area contributed by atoms with E-state index < -0.39 is 0 Å². The lowest BCUT2D eigenvalue weighted by Gasteiger charge is -2.03. The minimum absolute atomic E-state index is 0.120. The molecule has 1 unspecified atom stereocenters. The third-order valence-electron chi connectivity index (χ3n) is 1.77. The Morgan fingerprint density at radius 3 is 2.46 bits per heavy atom. The van der Waals surface area contributed by atoms with Crippen LogP contribution in [0.5, 0.6) is 0 Å². The molecule has 0 saturated heterocycles. The summed E-state index contributed by atoms with van der Waals surface area (Å²) in [5.41, 5.74) is 1.37. The van der Waals surface area contributed by atoms with Gasteiger partial charge in [0.15, 0.2) is 0 Å². The van der Waals surface area contributed by atoms with Gasteiger partial charge in [0.25, 0.3) is 0 Å². The Morgan fingerprint density at radius 2 is 1.92 bits per heavy atom. The van der Waals surface area contributed by atoms with E-state index >= 15 is 0 Å². The Balaban J connectivity index is 2.65. The monoisotopic (exact) mass is 192 g/mol. The zero-order chi connectivity index (χ0) is 9.68. The molecule has 1 aromatic carbocycles. The van der Waals surface area contributed by atoms with E-state index in [0.717, 1.165) is 5.75 Å². The summed E-state index contributed by atoms with van der Waals surface area (Å²) < 4.78 is 0. The third kappa shape index (κ3) is 3.60. The van der Waals surface area contributed by atoms with Crippen molar-refractivity contribution in [3.05, 3.63) is 42.0 Å². The highest BCUT2D eigenvalue weighted by Crippen LogP contribution is 2.23. The summed E-state index contributed by atoms with van der Waals surface area (Å²) in [4.78, 5) is 1.35. The SMILES string of the molecule is C=S(CC=C(C)C)c1ccccc1. The molecule has 70 valence electrons. The van der Waals surface area contributed by atoms with Crippen LogP contribution >= 0.6 is 10.5 Å². The van der Waals surface area contributed by atoms with E-state index in [1.54, 1.807) is 0 Å². The molecule has 1 heteroatoms. The molecule has 13 heavy (non-hydrogen) atoms. The molecule has 1 rings (SSSR count). The van der Waals surface area contributed by atoms with E-state index in [2.05, 4.69) is 50.1 Å². The molecule has 1 atom stereocenters. The molecule has 0 aliphatic heterocycles. The quantitative estimate of drug-likeness (QED) is 0.506. The van der Waals surface area contributed by atoms with Gasteiger partial charge in [-0.25, -0.2) is 0 Å². The van der Waals surface area contributed by atoms with Crippen molar-refractivity contribution in [3.63, 3.8) is 0 Å². The molecule has 0 aromatic heterocycles. The fraction of sp³-hybridized carbons (Fsp3) is 0.250. The van der Waals surface area contributed by atoms with Gasteiger partial charge in [-0.1, -0.05) is 35.7 Å². The molecule has 0 heterocycles. The van der Waals surface area contributed by atoms with Gasteiger partial charge in [0.1, 0.15) is 0 Å². The highest BCUT2D eigenvalue weighted by atomic mass is 32.2. The van der Waals surface area contributed by atoms with Crippen molar-refractivity contribution in [1.82, 2.24) is 0 Å². The first-order valence-electron chi connectivity index (χ1n) is 4.39. The molecule has 0 spiro atoms. The molecule has 0 bridgehead atoms. The fourth-order valence-corrected chi connectivity index (χ4v) is 2.25. The van der Waals surface area contributed by atoms with Crippen molar-refractivity contribution in [2.75, 3.05) is 5.75 Å². The zero-order valence-corrected chi connectivity index (χ0v) is 9.10. The molecule has 0 fully saturated rings. The van der Waals surface area contributed by atoms with Gasteiger partial charge in [0, 0.05) is 10.6 Å². The van der Waals surface area contributed by atoms with Gasteiger partial charge in [-0.2, -0.15) is 10.5 Å². The van der Waals surface area contributed by atoms with Gasteiger partial charge in [-0.15, -0.1) is 0 Å². The van der Waals surface area contributed by atoms with Crippen molar-refractivity contribution in [2.45, 2.75) is 18.7 Å². The first-order chi connectivity index (χ1) is 6.20. The van der Waals surface area contributed by atoms with Crippen molar-refractivity contribution in [2.24, 2.45) is 0 Å². The van der Waals surface area contributed by atoms with Gasteiger partial charge in [0.2, 0.25) is 0 Å². The molecule has 0 nitrogen and oxygen atoms in total. The number of hydrogen-bond acceptors (Lipinski definition) is 0. The van der Waals surface area contributed by atoms with Crippen LogP contribution in [-0.2, 0) is 0 Å². The summed E-state index contributed by atoms with van der Waals surface area (Å²) in [5, 5.41) is 0. The van der Waals surface area contributed by atoms with E-state index in [9.17, 15) is 0 Å². The molecule has 0 N–H and O–H groups in total. The fourth-order valence-electron chi connectivity index (χ4n) is 0.976. The highest BCUT2D eigenvalue weighted by molar-refractivity contribution is 8.14. The minimum atomic E-state index is 0.120. The molecule has 0 saturated carbocycles. The van der Waals surface area contributed by atoms with Gasteiger partial charge < -0.3 is 0 Å². The first kappa shape index (κ1) is 10.3. The van der Waals surface area contributed by atoms with Crippen LogP contribution in [0.25, 0.3) is 0 Å². The summed E-state index contributed by atoms with van der Waals surface area (Å²) in [6, 6.07) is 10.5. The molecule has 0 aliphatic rings. The van der Waals surface area contributed by atoms with E-state index in [0.29, 0.717) is 0 Å². The standard InChI is InChI=1S/C12H16S/c1-11(2)9-10-13(3)12-7-5-4-6-8-12/h4-9H,3,10H2,1-2H3. The van der Waals surface area contributed by atoms with Crippen molar-refractivity contribution in [3.8, 4) is 0 Å². The maximum atomic E-state index is 4.16. The lowest BCUT2D eigenvalue weighted by molar-refractivity contribution is 1.36. The molecule has 0 amide bonds. The average molecular weight is 192 g/mol. The number of allylic oxidation sites excluding steroid dienone is 1. The number of hydrogen-bond donors (Lipinski definition) is 0. The van der Waals surface area contributed by atoms with Crippen LogP contribution in [0, 0.1) is 0 Å². The second-order valence-corrected chi connectivity index (χ2v) is 5.04. The minimum Gasteiger partial charge on any atom is -0.158 e. The Labute approximate surface area is 83.2 Å². The summed E-state index contributed by atoms with van der Waals surface area (Å²) in [7, 11) is 0.120. The predicted octanol–water partition coefficient (Wildman–Crippen LogP) is 3.71. The Kier molecular flexibility index (Phi) is 3.97. The van der Waals surface area contributed by atoms with Crippen molar-refractivity contribution in [1.29, 1.82) is 0 Å². The van der Waals surface area contributed by atoms with Crippen LogP contribution in [0.3, 0.4) is 0 Å². The maximum absolute atomic E-state index is 4.16. The maximum Gasteiger partial charge on any atom is 0.0104 e. The molecule has 1 aromatic rings. The first-order valence-corrected chi connectivity index (χ1v) is 5.95. The van der Waals surface area contributed by atoms with Crippen LogP contribution in [0.2, 0.25) is 0 Å². The molecular weight excluding hydrogens is 176 g/mol. The average Bonchev–Trinajstić information content (AvgIpc) is 2.15. The van der Waals surface area contributed by atoms with Crippen molar-refractivity contribution >= 4 is 16.4 Å². The second kappa shape index (κ2) is 5.03. The number of benzene rings is 1. The van der Waals surface area contributed by atoms with Gasteiger partial charge in [0.05, 0.1) is 0 Å². The summed E-state index contributed by atoms with van der Waals surface area (Å²) in [6.45, 7) is 4.25. The van der Waals surface area contributed by atoms with Crippen LogP contribution in [0.4, 0.5) is 0 Å². The third-order valence-corrected chi connectivity index (χ3v) is 3.28. The van der Waals surface area contributed by atoms with Crippen LogP contribution < -0.4 is 0 Å². The van der Waals surface area contributed by atoms with E-state index in [1.165, 1.54) is 10.5 Å². The largest absolute Gasteiger partial charge is 0.158 e. The lowest BCUT2D eigenvalue weighted by Crippen LogP contribution is -1.79. The summed E-state index contributed by atoms with van der Waals surface area (Å²) in [5.74, 6) is 5.23. The molecular formula is C12H16S. The highest BCUT2D eigenvalue weighted by Gasteiger charge is 1.92. The topological polar surface area (TPSA) is 0 Å². The molecule has 0 radical (unpaired) electrons. The van der Waals surface area contributed by atoms with Crippen molar-refractivity contribution < 1.29 is 0 Å². The zero-order valence-electron chi connectivity index (χ0n) is 8.29. The predicted molar refractivity (Wildman–Crippen MR) is 63.7 cm³/mol. The lowest BCUT2D eigenvalue weighted by atomic mass is 10.3. The smallest absolute Gasteiger partial charge is 0.0104 e.